The van der Waals surface area contributed by atoms with Gasteiger partial charge in [0.2, 0.25) is 0 Å². The van der Waals surface area contributed by atoms with Crippen molar-refractivity contribution in [2.24, 2.45) is 16.8 Å². The molecule has 0 saturated heterocycles. The van der Waals surface area contributed by atoms with E-state index in [0.29, 0.717) is 11.8 Å². The molecule has 1 fully saturated rings. The Morgan fingerprint density at radius 2 is 2.08 bits per heavy atom. The summed E-state index contributed by atoms with van der Waals surface area (Å²) in [6.07, 6.45) is 3.84. The van der Waals surface area contributed by atoms with E-state index >= 15 is 0 Å². The van der Waals surface area contributed by atoms with E-state index in [1.165, 1.54) is 19.3 Å². The quantitative estimate of drug-likeness (QED) is 0.389. The largest absolute Gasteiger partial charge is 0.286 e. The maximum atomic E-state index is 7.57. The van der Waals surface area contributed by atoms with E-state index in [2.05, 4.69) is 14.2 Å². The molecule has 1 aliphatic rings. The van der Waals surface area contributed by atoms with Crippen LogP contribution in [0.3, 0.4) is 0 Å². The van der Waals surface area contributed by atoms with Crippen LogP contribution in [0.15, 0.2) is 4.99 Å². The molecule has 3 heteroatoms. The Morgan fingerprint density at radius 3 is 2.42 bits per heavy atom. The second-order valence-electron chi connectivity index (χ2n) is 3.70. The van der Waals surface area contributed by atoms with Gasteiger partial charge in [0.1, 0.15) is 5.84 Å². The molecule has 0 amide bonds. The molecule has 0 aromatic heterocycles. The normalized spacial score (nSPS) is 19.5. The number of aliphatic imine (C=N–C) groups is 1. The van der Waals surface area contributed by atoms with E-state index in [9.17, 15) is 0 Å². The predicted octanol–water partition coefficient (Wildman–Crippen LogP) is 2.69. The monoisotopic (exact) mass is 184 g/mol. The molecule has 12 heavy (non-hydrogen) atoms. The van der Waals surface area contributed by atoms with E-state index in [-0.39, 0.29) is 5.92 Å². The van der Waals surface area contributed by atoms with Gasteiger partial charge >= 0.3 is 0 Å². The molecule has 1 aliphatic carbocycles. The van der Waals surface area contributed by atoms with Crippen LogP contribution >= 0.6 is 9.24 Å². The second-order valence-corrected chi connectivity index (χ2v) is 4.30. The van der Waals surface area contributed by atoms with Crippen molar-refractivity contribution in [2.45, 2.75) is 33.1 Å². The van der Waals surface area contributed by atoms with Crippen molar-refractivity contribution in [3.05, 3.63) is 0 Å². The van der Waals surface area contributed by atoms with Gasteiger partial charge in [-0.15, -0.1) is 0 Å². The van der Waals surface area contributed by atoms with Gasteiger partial charge in [-0.3, -0.25) is 5.41 Å². The van der Waals surface area contributed by atoms with Crippen LogP contribution in [-0.4, -0.2) is 11.3 Å². The SMILES string of the molecule is CC(C)C(=N)/N=C(\P)C1CCC1. The minimum Gasteiger partial charge on any atom is -0.286 e. The third-order valence-corrected chi connectivity index (χ3v) is 2.92. The molecule has 0 spiro atoms. The van der Waals surface area contributed by atoms with E-state index < -0.39 is 0 Å². The highest BCUT2D eigenvalue weighted by Crippen LogP contribution is 2.30. The Kier molecular flexibility index (Phi) is 3.39. The fourth-order valence-corrected chi connectivity index (χ4v) is 1.54. The highest BCUT2D eigenvalue weighted by atomic mass is 31.0. The average molecular weight is 184 g/mol. The second kappa shape index (κ2) is 4.13. The van der Waals surface area contributed by atoms with Crippen molar-refractivity contribution < 1.29 is 0 Å². The van der Waals surface area contributed by atoms with Crippen LogP contribution in [0.1, 0.15) is 33.1 Å². The summed E-state index contributed by atoms with van der Waals surface area (Å²) >= 11 is 0. The van der Waals surface area contributed by atoms with Crippen LogP contribution in [0.25, 0.3) is 0 Å². The van der Waals surface area contributed by atoms with E-state index in [0.717, 1.165) is 5.45 Å². The van der Waals surface area contributed by atoms with E-state index in [1.54, 1.807) is 0 Å². The zero-order valence-electron chi connectivity index (χ0n) is 7.80. The van der Waals surface area contributed by atoms with Crippen molar-refractivity contribution in [1.29, 1.82) is 5.41 Å². The van der Waals surface area contributed by atoms with Gasteiger partial charge in [-0.25, -0.2) is 4.99 Å². The first-order valence-electron chi connectivity index (χ1n) is 4.53. The van der Waals surface area contributed by atoms with Gasteiger partial charge < -0.3 is 0 Å². The summed E-state index contributed by atoms with van der Waals surface area (Å²) in [6, 6.07) is 0. The zero-order chi connectivity index (χ0) is 9.14. The summed E-state index contributed by atoms with van der Waals surface area (Å²) in [6.45, 7) is 4.01. The van der Waals surface area contributed by atoms with Crippen molar-refractivity contribution in [3.63, 3.8) is 0 Å². The minimum atomic E-state index is 0.251. The topological polar surface area (TPSA) is 36.2 Å². The molecular formula is C9H17N2P. The van der Waals surface area contributed by atoms with Gasteiger partial charge in [-0.1, -0.05) is 29.5 Å². The summed E-state index contributed by atoms with van der Waals surface area (Å²) in [4.78, 5) is 4.26. The summed E-state index contributed by atoms with van der Waals surface area (Å²) in [7, 11) is 2.67. The Labute approximate surface area is 76.6 Å². The molecular weight excluding hydrogens is 167 g/mol. The molecule has 0 aromatic carbocycles. The first-order valence-corrected chi connectivity index (χ1v) is 5.11. The van der Waals surface area contributed by atoms with Gasteiger partial charge in [-0.2, -0.15) is 0 Å². The molecule has 2 nitrogen and oxygen atoms in total. The Bertz CT molecular complexity index is 205. The van der Waals surface area contributed by atoms with Gasteiger partial charge in [-0.05, 0) is 12.8 Å². The number of rotatable bonds is 2. The van der Waals surface area contributed by atoms with Crippen molar-refractivity contribution in [3.8, 4) is 0 Å². The number of hydrogen-bond donors (Lipinski definition) is 1. The maximum absolute atomic E-state index is 7.57. The third-order valence-electron chi connectivity index (χ3n) is 2.32. The Morgan fingerprint density at radius 1 is 1.50 bits per heavy atom. The minimum absolute atomic E-state index is 0.251. The highest BCUT2D eigenvalue weighted by molar-refractivity contribution is 7.40. The summed E-state index contributed by atoms with van der Waals surface area (Å²) in [5.41, 5.74) is 1.08. The summed E-state index contributed by atoms with van der Waals surface area (Å²) in [5.74, 6) is 1.40. The van der Waals surface area contributed by atoms with E-state index in [1.807, 2.05) is 13.8 Å². The number of nitrogens with one attached hydrogen (secondary N) is 1. The van der Waals surface area contributed by atoms with Crippen molar-refractivity contribution in [2.75, 3.05) is 0 Å². The van der Waals surface area contributed by atoms with Gasteiger partial charge in [0.05, 0.1) is 0 Å². The average Bonchev–Trinajstić information content (AvgIpc) is 1.82. The van der Waals surface area contributed by atoms with Crippen LogP contribution < -0.4 is 0 Å². The van der Waals surface area contributed by atoms with Crippen LogP contribution in [0.2, 0.25) is 0 Å². The molecule has 0 heterocycles. The third kappa shape index (κ3) is 2.38. The molecule has 1 N–H and O–H groups in total. The lowest BCUT2D eigenvalue weighted by molar-refractivity contribution is 0.418. The first-order chi connectivity index (χ1) is 5.61. The van der Waals surface area contributed by atoms with Crippen LogP contribution in [0.5, 0.6) is 0 Å². The molecule has 68 valence electrons. The van der Waals surface area contributed by atoms with E-state index in [4.69, 9.17) is 5.41 Å². The van der Waals surface area contributed by atoms with Crippen LogP contribution in [0, 0.1) is 17.2 Å². The lowest BCUT2D eigenvalue weighted by Crippen LogP contribution is -2.19. The smallest absolute Gasteiger partial charge is 0.123 e. The standard InChI is InChI=1S/C9H17N2P/c1-6(2)8(10)11-9(12)7-4-3-5-7/h6-7,10H,3-5,12H2,1-2H3/b10-8?,11-9-. The van der Waals surface area contributed by atoms with Gasteiger partial charge in [0.25, 0.3) is 0 Å². The van der Waals surface area contributed by atoms with Crippen LogP contribution in [-0.2, 0) is 0 Å². The lowest BCUT2D eigenvalue weighted by Gasteiger charge is -2.25. The van der Waals surface area contributed by atoms with Gasteiger partial charge in [0.15, 0.2) is 0 Å². The number of hydrogen-bond acceptors (Lipinski definition) is 1. The number of amidine groups is 1. The number of nitrogens with zero attached hydrogens (tertiary/aromatic N) is 1. The molecule has 0 bridgehead atoms. The predicted molar refractivity (Wildman–Crippen MR) is 57.1 cm³/mol. The van der Waals surface area contributed by atoms with Crippen LogP contribution in [0.4, 0.5) is 0 Å². The highest BCUT2D eigenvalue weighted by Gasteiger charge is 2.20. The maximum Gasteiger partial charge on any atom is 0.123 e. The zero-order valence-corrected chi connectivity index (χ0v) is 8.96. The molecule has 1 unspecified atom stereocenters. The molecule has 0 radical (unpaired) electrons. The lowest BCUT2D eigenvalue weighted by atomic mass is 9.86. The first kappa shape index (κ1) is 9.85. The fraction of sp³-hybridized carbons (Fsp3) is 0.778. The Balaban J connectivity index is 2.48. The molecule has 1 saturated carbocycles. The van der Waals surface area contributed by atoms with Gasteiger partial charge in [0, 0.05) is 17.3 Å². The Hall–Kier alpha value is -0.230. The molecule has 1 atom stereocenters. The summed E-state index contributed by atoms with van der Waals surface area (Å²) in [5, 5.41) is 7.57. The fourth-order valence-electron chi connectivity index (χ4n) is 1.06. The molecule has 0 aromatic rings. The van der Waals surface area contributed by atoms with Crippen molar-refractivity contribution >= 4 is 20.5 Å². The molecule has 1 rings (SSSR count). The summed E-state index contributed by atoms with van der Waals surface area (Å²) < 4.78 is 0. The molecule has 0 aliphatic heterocycles. The van der Waals surface area contributed by atoms with Crippen molar-refractivity contribution in [1.82, 2.24) is 0 Å².